The molecule has 10 aromatic carbocycles. The SMILES string of the molecule is c1ccc(-c2cccc(N(c3ccc4c(c3)C3(c5ccccc5-c5ccccc53)c3ccccc3-4)c3ccc4c5c(-c6ccccc6)cccc5n(-c5ccccc5)c4c3)c2)cc1. The first-order valence-electron chi connectivity index (χ1n) is 21.8. The largest absolute Gasteiger partial charge is 0.310 e. The summed E-state index contributed by atoms with van der Waals surface area (Å²) in [6.07, 6.45) is 0. The van der Waals surface area contributed by atoms with Crippen molar-refractivity contribution in [3.8, 4) is 50.2 Å². The molecule has 63 heavy (non-hydrogen) atoms. The lowest BCUT2D eigenvalue weighted by Crippen LogP contribution is -2.26. The Morgan fingerprint density at radius 1 is 0.302 bits per heavy atom. The van der Waals surface area contributed by atoms with Crippen molar-refractivity contribution in [2.45, 2.75) is 5.41 Å². The van der Waals surface area contributed by atoms with Gasteiger partial charge in [0.05, 0.1) is 16.4 Å². The van der Waals surface area contributed by atoms with E-state index < -0.39 is 5.41 Å². The van der Waals surface area contributed by atoms with Crippen LogP contribution in [-0.2, 0) is 5.41 Å². The minimum Gasteiger partial charge on any atom is -0.310 e. The summed E-state index contributed by atoms with van der Waals surface area (Å²) in [7, 11) is 0. The molecular formula is C61H40N2. The van der Waals surface area contributed by atoms with Gasteiger partial charge in [0, 0.05) is 33.5 Å². The summed E-state index contributed by atoms with van der Waals surface area (Å²) in [5.74, 6) is 0. The van der Waals surface area contributed by atoms with E-state index in [0.717, 1.165) is 28.3 Å². The van der Waals surface area contributed by atoms with Crippen molar-refractivity contribution in [1.82, 2.24) is 4.57 Å². The number of nitrogens with zero attached hydrogens (tertiary/aromatic N) is 2. The third kappa shape index (κ3) is 5.19. The van der Waals surface area contributed by atoms with E-state index in [4.69, 9.17) is 0 Å². The summed E-state index contributed by atoms with van der Waals surface area (Å²) in [5, 5.41) is 2.47. The van der Waals surface area contributed by atoms with Crippen LogP contribution in [0.2, 0.25) is 0 Å². The highest BCUT2D eigenvalue weighted by Gasteiger charge is 2.51. The first-order chi connectivity index (χ1) is 31.3. The van der Waals surface area contributed by atoms with Crippen LogP contribution in [0.15, 0.2) is 243 Å². The molecule has 2 aliphatic rings. The zero-order chi connectivity index (χ0) is 41.5. The maximum atomic E-state index is 2.49. The highest BCUT2D eigenvalue weighted by molar-refractivity contribution is 6.16. The number of para-hydroxylation sites is 1. The van der Waals surface area contributed by atoms with Crippen molar-refractivity contribution < 1.29 is 0 Å². The first kappa shape index (κ1) is 35.5. The van der Waals surface area contributed by atoms with E-state index in [9.17, 15) is 0 Å². The Balaban J connectivity index is 1.09. The van der Waals surface area contributed by atoms with Gasteiger partial charge in [-0.25, -0.2) is 0 Å². The molecule has 0 saturated carbocycles. The zero-order valence-electron chi connectivity index (χ0n) is 34.5. The number of aromatic nitrogens is 1. The van der Waals surface area contributed by atoms with Crippen molar-refractivity contribution in [3.63, 3.8) is 0 Å². The Bertz CT molecular complexity index is 3500. The van der Waals surface area contributed by atoms with E-state index in [-0.39, 0.29) is 0 Å². The van der Waals surface area contributed by atoms with Crippen LogP contribution in [-0.4, -0.2) is 4.57 Å². The maximum Gasteiger partial charge on any atom is 0.0726 e. The summed E-state index contributed by atoms with van der Waals surface area (Å²) >= 11 is 0. The molecule has 0 amide bonds. The number of rotatable bonds is 6. The second-order valence-electron chi connectivity index (χ2n) is 16.8. The Morgan fingerprint density at radius 2 is 0.794 bits per heavy atom. The fourth-order valence-corrected chi connectivity index (χ4v) is 11.0. The van der Waals surface area contributed by atoms with E-state index in [1.54, 1.807) is 0 Å². The van der Waals surface area contributed by atoms with Gasteiger partial charge in [0.15, 0.2) is 0 Å². The highest BCUT2D eigenvalue weighted by Crippen LogP contribution is 2.63. The predicted octanol–water partition coefficient (Wildman–Crippen LogP) is 15.9. The van der Waals surface area contributed by atoms with Crippen LogP contribution < -0.4 is 4.90 Å². The molecule has 0 saturated heterocycles. The normalized spacial score (nSPS) is 12.9. The maximum absolute atomic E-state index is 2.49. The van der Waals surface area contributed by atoms with E-state index in [1.807, 2.05) is 0 Å². The van der Waals surface area contributed by atoms with Crippen molar-refractivity contribution in [2.24, 2.45) is 0 Å². The molecule has 1 aromatic heterocycles. The topological polar surface area (TPSA) is 8.17 Å². The monoisotopic (exact) mass is 800 g/mol. The van der Waals surface area contributed by atoms with Crippen molar-refractivity contribution in [3.05, 3.63) is 265 Å². The summed E-state index contributed by atoms with van der Waals surface area (Å²) in [6.45, 7) is 0. The summed E-state index contributed by atoms with van der Waals surface area (Å²) in [4.78, 5) is 2.47. The molecule has 13 rings (SSSR count). The third-order valence-corrected chi connectivity index (χ3v) is 13.6. The fraction of sp³-hybridized carbons (Fsp3) is 0.0164. The van der Waals surface area contributed by atoms with Gasteiger partial charge >= 0.3 is 0 Å². The summed E-state index contributed by atoms with van der Waals surface area (Å²) in [6, 6.07) is 89.5. The Labute approximate surface area is 367 Å². The molecule has 0 N–H and O–H groups in total. The molecule has 2 nitrogen and oxygen atoms in total. The number of hydrogen-bond acceptors (Lipinski definition) is 1. The number of hydrogen-bond donors (Lipinski definition) is 0. The second-order valence-corrected chi connectivity index (χ2v) is 16.8. The van der Waals surface area contributed by atoms with Gasteiger partial charge in [0.25, 0.3) is 0 Å². The van der Waals surface area contributed by atoms with Gasteiger partial charge in [0.1, 0.15) is 0 Å². The molecule has 0 bridgehead atoms. The van der Waals surface area contributed by atoms with E-state index in [2.05, 4.69) is 252 Å². The Kier molecular flexibility index (Phi) is 7.85. The molecule has 0 radical (unpaired) electrons. The molecular weight excluding hydrogens is 761 g/mol. The molecule has 2 aliphatic carbocycles. The van der Waals surface area contributed by atoms with Crippen molar-refractivity contribution in [2.75, 3.05) is 4.90 Å². The average Bonchev–Trinajstić information content (AvgIpc) is 3.96. The van der Waals surface area contributed by atoms with Gasteiger partial charge in [-0.2, -0.15) is 0 Å². The van der Waals surface area contributed by atoms with Crippen LogP contribution in [0.5, 0.6) is 0 Å². The molecule has 0 atom stereocenters. The molecule has 2 heteroatoms. The molecule has 1 spiro atoms. The predicted molar refractivity (Wildman–Crippen MR) is 263 cm³/mol. The van der Waals surface area contributed by atoms with Gasteiger partial charge in [-0.05, 0) is 121 Å². The van der Waals surface area contributed by atoms with Crippen molar-refractivity contribution >= 4 is 38.9 Å². The lowest BCUT2D eigenvalue weighted by atomic mass is 9.70. The average molecular weight is 801 g/mol. The molecule has 294 valence electrons. The van der Waals surface area contributed by atoms with Crippen molar-refractivity contribution in [1.29, 1.82) is 0 Å². The van der Waals surface area contributed by atoms with E-state index in [1.165, 1.54) is 83.1 Å². The molecule has 0 aliphatic heterocycles. The number of benzene rings is 10. The van der Waals surface area contributed by atoms with E-state index >= 15 is 0 Å². The van der Waals surface area contributed by atoms with Crippen LogP contribution in [0, 0.1) is 0 Å². The van der Waals surface area contributed by atoms with Gasteiger partial charge < -0.3 is 9.47 Å². The molecule has 1 heterocycles. The lowest BCUT2D eigenvalue weighted by molar-refractivity contribution is 0.793. The summed E-state index contributed by atoms with van der Waals surface area (Å²) in [5.41, 5.74) is 21.7. The second kappa shape index (κ2) is 13.9. The van der Waals surface area contributed by atoms with Crippen LogP contribution in [0.1, 0.15) is 22.3 Å². The first-order valence-corrected chi connectivity index (χ1v) is 21.8. The standard InChI is InChI=1S/C61H40N2/c1-4-18-41(19-5-1)43-22-16-25-45(38-43)62(47-35-37-53-59(40-47)63(44-23-8-3-9-24-44)58-33-17-29-48(60(53)58)42-20-6-2-7-21-42)46-34-36-52-51-28-12-15-32-56(51)61(57(52)39-46)54-30-13-10-26-49(54)50-27-11-14-31-55(50)61/h1-40H. The van der Waals surface area contributed by atoms with Crippen LogP contribution in [0.4, 0.5) is 17.1 Å². The Hall–Kier alpha value is -8.20. The van der Waals surface area contributed by atoms with Crippen LogP contribution >= 0.6 is 0 Å². The van der Waals surface area contributed by atoms with Gasteiger partial charge in [0.2, 0.25) is 0 Å². The van der Waals surface area contributed by atoms with Crippen LogP contribution in [0.3, 0.4) is 0 Å². The zero-order valence-corrected chi connectivity index (χ0v) is 34.5. The minimum absolute atomic E-state index is 0.454. The molecule has 0 unspecified atom stereocenters. The van der Waals surface area contributed by atoms with Crippen LogP contribution in [0.25, 0.3) is 72.0 Å². The molecule has 0 fully saturated rings. The van der Waals surface area contributed by atoms with E-state index in [0.29, 0.717) is 0 Å². The number of fused-ring (bicyclic) bond motifs is 13. The smallest absolute Gasteiger partial charge is 0.0726 e. The lowest BCUT2D eigenvalue weighted by Gasteiger charge is -2.32. The minimum atomic E-state index is -0.454. The van der Waals surface area contributed by atoms with Gasteiger partial charge in [-0.15, -0.1) is 0 Å². The highest BCUT2D eigenvalue weighted by atomic mass is 15.1. The Morgan fingerprint density at radius 3 is 1.46 bits per heavy atom. The van der Waals surface area contributed by atoms with Gasteiger partial charge in [-0.3, -0.25) is 0 Å². The third-order valence-electron chi connectivity index (χ3n) is 13.6. The quantitative estimate of drug-likeness (QED) is 0.163. The summed E-state index contributed by atoms with van der Waals surface area (Å²) < 4.78 is 2.44. The fourth-order valence-electron chi connectivity index (χ4n) is 11.0. The number of anilines is 3. The molecule has 11 aromatic rings. The van der Waals surface area contributed by atoms with Gasteiger partial charge in [-0.1, -0.05) is 188 Å².